The normalized spacial score (nSPS) is 20.2. The van der Waals surface area contributed by atoms with Crippen LogP contribution >= 0.6 is 23.4 Å². The highest BCUT2D eigenvalue weighted by Crippen LogP contribution is 2.43. The number of halogens is 1. The Hall–Kier alpha value is -1.92. The van der Waals surface area contributed by atoms with Gasteiger partial charge >= 0.3 is 0 Å². The maximum absolute atomic E-state index is 13.3. The summed E-state index contributed by atoms with van der Waals surface area (Å²) in [6, 6.07) is 8.12. The third-order valence-electron chi connectivity index (χ3n) is 3.97. The molecule has 0 radical (unpaired) electrons. The molecular weight excluding hydrogens is 372 g/mol. The molecule has 1 fully saturated rings. The SMILES string of the molecule is CC(C)(C)NC(=O)C1CSC(c2ccoc2)N1C(=O)c1ccccc1Cl. The van der Waals surface area contributed by atoms with Crippen molar-refractivity contribution in [1.29, 1.82) is 0 Å². The average Bonchev–Trinajstić information content (AvgIpc) is 3.22. The highest BCUT2D eigenvalue weighted by Gasteiger charge is 2.43. The van der Waals surface area contributed by atoms with Crippen molar-refractivity contribution in [3.8, 4) is 0 Å². The predicted molar refractivity (Wildman–Crippen MR) is 103 cm³/mol. The molecule has 2 amide bonds. The molecule has 26 heavy (non-hydrogen) atoms. The molecule has 1 aliphatic rings. The largest absolute Gasteiger partial charge is 0.472 e. The van der Waals surface area contributed by atoms with Crippen LogP contribution in [0.15, 0.2) is 47.3 Å². The van der Waals surface area contributed by atoms with Crippen molar-refractivity contribution >= 4 is 35.2 Å². The lowest BCUT2D eigenvalue weighted by molar-refractivity contribution is -0.126. The number of furan rings is 1. The van der Waals surface area contributed by atoms with E-state index >= 15 is 0 Å². The number of amides is 2. The van der Waals surface area contributed by atoms with Crippen LogP contribution in [0.1, 0.15) is 42.1 Å². The molecule has 7 heteroatoms. The van der Waals surface area contributed by atoms with Gasteiger partial charge in [0.15, 0.2) is 0 Å². The summed E-state index contributed by atoms with van der Waals surface area (Å²) in [4.78, 5) is 27.7. The molecule has 5 nitrogen and oxygen atoms in total. The second-order valence-corrected chi connectivity index (χ2v) is 8.71. The second-order valence-electron chi connectivity index (χ2n) is 7.19. The molecule has 2 aromatic rings. The Morgan fingerprint density at radius 3 is 2.62 bits per heavy atom. The Kier molecular flexibility index (Phi) is 5.34. The van der Waals surface area contributed by atoms with E-state index in [9.17, 15) is 9.59 Å². The molecule has 1 aliphatic heterocycles. The highest BCUT2D eigenvalue weighted by molar-refractivity contribution is 7.99. The fourth-order valence-electron chi connectivity index (χ4n) is 2.86. The number of nitrogens with one attached hydrogen (secondary N) is 1. The first-order valence-electron chi connectivity index (χ1n) is 8.31. The van der Waals surface area contributed by atoms with Crippen molar-refractivity contribution in [1.82, 2.24) is 10.2 Å². The highest BCUT2D eigenvalue weighted by atomic mass is 35.5. The predicted octanol–water partition coefficient (Wildman–Crippen LogP) is 4.10. The van der Waals surface area contributed by atoms with Crippen LogP contribution in [-0.2, 0) is 4.79 Å². The zero-order valence-corrected chi connectivity index (χ0v) is 16.4. The van der Waals surface area contributed by atoms with E-state index in [2.05, 4.69) is 5.32 Å². The molecule has 3 rings (SSSR count). The van der Waals surface area contributed by atoms with Gasteiger partial charge in [0.1, 0.15) is 11.4 Å². The number of carbonyl (C=O) groups excluding carboxylic acids is 2. The van der Waals surface area contributed by atoms with Gasteiger partial charge in [-0.3, -0.25) is 9.59 Å². The van der Waals surface area contributed by atoms with Gasteiger partial charge in [0, 0.05) is 16.9 Å². The first-order valence-corrected chi connectivity index (χ1v) is 9.73. The Bertz CT molecular complexity index is 801. The summed E-state index contributed by atoms with van der Waals surface area (Å²) in [6.45, 7) is 5.75. The Morgan fingerprint density at radius 1 is 1.27 bits per heavy atom. The molecule has 2 heterocycles. The third kappa shape index (κ3) is 3.91. The third-order valence-corrected chi connectivity index (χ3v) is 5.62. The molecule has 1 aromatic carbocycles. The van der Waals surface area contributed by atoms with Crippen molar-refractivity contribution < 1.29 is 14.0 Å². The van der Waals surface area contributed by atoms with Gasteiger partial charge in [0.05, 0.1) is 23.1 Å². The van der Waals surface area contributed by atoms with Crippen LogP contribution in [0.2, 0.25) is 5.02 Å². The van der Waals surface area contributed by atoms with Crippen LogP contribution in [0.25, 0.3) is 0 Å². The van der Waals surface area contributed by atoms with Gasteiger partial charge in [0.25, 0.3) is 5.91 Å². The number of benzene rings is 1. The van der Waals surface area contributed by atoms with E-state index in [0.717, 1.165) is 5.56 Å². The van der Waals surface area contributed by atoms with Gasteiger partial charge < -0.3 is 14.6 Å². The van der Waals surface area contributed by atoms with Crippen molar-refractivity contribution in [3.63, 3.8) is 0 Å². The smallest absolute Gasteiger partial charge is 0.257 e. The Labute approximate surface area is 162 Å². The van der Waals surface area contributed by atoms with Crippen LogP contribution in [0, 0.1) is 0 Å². The van der Waals surface area contributed by atoms with Gasteiger partial charge in [-0.1, -0.05) is 23.7 Å². The van der Waals surface area contributed by atoms with E-state index in [4.69, 9.17) is 16.0 Å². The van der Waals surface area contributed by atoms with Crippen LogP contribution in [0.4, 0.5) is 0 Å². The van der Waals surface area contributed by atoms with Gasteiger partial charge in [-0.2, -0.15) is 0 Å². The fourth-order valence-corrected chi connectivity index (χ4v) is 4.48. The summed E-state index contributed by atoms with van der Waals surface area (Å²) in [5.74, 6) is 0.0748. The lowest BCUT2D eigenvalue weighted by Crippen LogP contribution is -2.52. The maximum Gasteiger partial charge on any atom is 0.257 e. The lowest BCUT2D eigenvalue weighted by atomic mass is 10.1. The second kappa shape index (κ2) is 7.37. The van der Waals surface area contributed by atoms with E-state index in [-0.39, 0.29) is 22.7 Å². The van der Waals surface area contributed by atoms with Gasteiger partial charge in [-0.25, -0.2) is 0 Å². The first-order chi connectivity index (χ1) is 12.3. The number of hydrogen-bond donors (Lipinski definition) is 1. The standard InChI is InChI=1S/C19H21ClN2O3S/c1-19(2,3)21-16(23)15-11-26-18(12-8-9-25-10-12)22(15)17(24)13-6-4-5-7-14(13)20/h4-10,15,18H,11H2,1-3H3,(H,21,23). The van der Waals surface area contributed by atoms with Crippen LogP contribution in [0.3, 0.4) is 0 Å². The van der Waals surface area contributed by atoms with Gasteiger partial charge in [-0.15, -0.1) is 11.8 Å². The van der Waals surface area contributed by atoms with Gasteiger partial charge in [0.2, 0.25) is 5.91 Å². The summed E-state index contributed by atoms with van der Waals surface area (Å²) >= 11 is 7.77. The molecule has 0 saturated carbocycles. The monoisotopic (exact) mass is 392 g/mol. The van der Waals surface area contributed by atoms with Gasteiger partial charge in [-0.05, 0) is 39.0 Å². The molecule has 1 aromatic heterocycles. The summed E-state index contributed by atoms with van der Waals surface area (Å²) < 4.78 is 5.18. The van der Waals surface area contributed by atoms with E-state index in [1.54, 1.807) is 53.5 Å². The molecule has 0 spiro atoms. The molecule has 1 saturated heterocycles. The summed E-state index contributed by atoms with van der Waals surface area (Å²) in [5.41, 5.74) is 0.856. The number of carbonyl (C=O) groups is 2. The number of nitrogens with zero attached hydrogens (tertiary/aromatic N) is 1. The quantitative estimate of drug-likeness (QED) is 0.853. The van der Waals surface area contributed by atoms with Crippen LogP contribution in [0.5, 0.6) is 0 Å². The van der Waals surface area contributed by atoms with Crippen molar-refractivity contribution in [2.24, 2.45) is 0 Å². The molecule has 0 bridgehead atoms. The minimum Gasteiger partial charge on any atom is -0.472 e. The number of rotatable bonds is 3. The van der Waals surface area contributed by atoms with E-state index in [1.807, 2.05) is 26.8 Å². The van der Waals surface area contributed by atoms with Crippen LogP contribution < -0.4 is 5.32 Å². The minimum absolute atomic E-state index is 0.170. The summed E-state index contributed by atoms with van der Waals surface area (Å²) in [5, 5.41) is 3.05. The fraction of sp³-hybridized carbons (Fsp3) is 0.368. The van der Waals surface area contributed by atoms with Crippen molar-refractivity contribution in [3.05, 3.63) is 59.0 Å². The topological polar surface area (TPSA) is 62.6 Å². The zero-order valence-electron chi connectivity index (χ0n) is 14.9. The van der Waals surface area contributed by atoms with Crippen molar-refractivity contribution in [2.75, 3.05) is 5.75 Å². The molecule has 2 unspecified atom stereocenters. The number of hydrogen-bond acceptors (Lipinski definition) is 4. The molecular formula is C19H21ClN2O3S. The molecule has 2 atom stereocenters. The number of thioether (sulfide) groups is 1. The summed E-state index contributed by atoms with van der Waals surface area (Å²) in [6.07, 6.45) is 3.17. The Balaban J connectivity index is 1.96. The van der Waals surface area contributed by atoms with Crippen molar-refractivity contribution in [2.45, 2.75) is 37.7 Å². The minimum atomic E-state index is -0.581. The zero-order chi connectivity index (χ0) is 18.9. The lowest BCUT2D eigenvalue weighted by Gasteiger charge is -2.31. The average molecular weight is 393 g/mol. The molecule has 0 aliphatic carbocycles. The summed E-state index contributed by atoms with van der Waals surface area (Å²) in [7, 11) is 0. The van der Waals surface area contributed by atoms with Crippen LogP contribution in [-0.4, -0.2) is 34.0 Å². The first kappa shape index (κ1) is 18.9. The van der Waals surface area contributed by atoms with E-state index in [1.165, 1.54) is 0 Å². The van der Waals surface area contributed by atoms with E-state index in [0.29, 0.717) is 16.3 Å². The molecule has 138 valence electrons. The van der Waals surface area contributed by atoms with E-state index < -0.39 is 6.04 Å². The Morgan fingerprint density at radius 2 is 2.00 bits per heavy atom. The maximum atomic E-state index is 13.3. The molecule has 1 N–H and O–H groups in total.